The lowest BCUT2D eigenvalue weighted by Gasteiger charge is -2.33. The van der Waals surface area contributed by atoms with Gasteiger partial charge in [-0.2, -0.15) is 14.5 Å². The van der Waals surface area contributed by atoms with Crippen LogP contribution in [0, 0.1) is 0 Å². The van der Waals surface area contributed by atoms with Gasteiger partial charge in [-0.3, -0.25) is 4.57 Å². The molecule has 0 atom stereocenters. The predicted molar refractivity (Wildman–Crippen MR) is 279 cm³/mol. The molecule has 0 N–H and O–H groups in total. The number of rotatable bonds is 7. The summed E-state index contributed by atoms with van der Waals surface area (Å²) < 4.78 is 4.86. The smallest absolute Gasteiger partial charge is 0.238 e. The Balaban J connectivity index is 0.996. The van der Waals surface area contributed by atoms with E-state index < -0.39 is 0 Å². The Morgan fingerprint density at radius 1 is 0.471 bits per heavy atom. The molecule has 0 fully saturated rings. The van der Waals surface area contributed by atoms with E-state index in [1.54, 1.807) is 0 Å². The first-order valence-corrected chi connectivity index (χ1v) is 24.1. The number of aromatic nitrogens is 5. The van der Waals surface area contributed by atoms with E-state index in [1.807, 2.05) is 36.4 Å². The second kappa shape index (κ2) is 15.3. The summed E-state index contributed by atoms with van der Waals surface area (Å²) in [6, 6.07) is 68.5. The predicted octanol–water partition coefficient (Wildman–Crippen LogP) is 15.1. The van der Waals surface area contributed by atoms with Gasteiger partial charge in [0, 0.05) is 52.6 Å². The van der Waals surface area contributed by atoms with Crippen molar-refractivity contribution in [1.82, 2.24) is 19.5 Å². The number of nitrogens with zero attached hydrogens (tertiary/aromatic N) is 5. The fourth-order valence-corrected chi connectivity index (χ4v) is 11.7. The number of fused-ring (bicyclic) bond motifs is 11. The first kappa shape index (κ1) is 40.3. The van der Waals surface area contributed by atoms with E-state index in [1.165, 1.54) is 71.9 Å². The van der Waals surface area contributed by atoms with Crippen molar-refractivity contribution >= 4 is 32.6 Å². The van der Waals surface area contributed by atoms with Crippen molar-refractivity contribution in [2.24, 2.45) is 0 Å². The maximum atomic E-state index is 5.29. The van der Waals surface area contributed by atoms with E-state index in [2.05, 4.69) is 195 Å². The van der Waals surface area contributed by atoms with Crippen LogP contribution in [0.1, 0.15) is 57.2 Å². The molecule has 0 bridgehead atoms. The number of hydrogen-bond donors (Lipinski definition) is 0. The molecule has 0 amide bonds. The number of benzene rings is 8. The Morgan fingerprint density at radius 3 is 1.82 bits per heavy atom. The van der Waals surface area contributed by atoms with Crippen molar-refractivity contribution in [3.63, 3.8) is 0 Å². The van der Waals surface area contributed by atoms with Crippen LogP contribution >= 0.6 is 0 Å². The van der Waals surface area contributed by atoms with Gasteiger partial charge in [0.15, 0.2) is 23.4 Å². The molecule has 13 rings (SSSR count). The van der Waals surface area contributed by atoms with Crippen LogP contribution in [-0.2, 0) is 17.4 Å². The standard InChI is InChI=1S/C63H50N5/c1-5-63(6-2)39-47-29-28-45(35-50(47)58-48-25-14-13-18-40(48)32-33-67(58)63)43-23-17-24-44(34-43)46-30-31-56-52(36-46)53-37-51-49-26-15-16-27-54(49)62(3,4)55(51)38-57(53)68(56)61-65-59(41-19-9-7-10-20-41)64-60(66-61)42-21-11-8-12-22-42/h7-38H,5-6,39H2,1-4H3/q+1. The summed E-state index contributed by atoms with van der Waals surface area (Å²) in [5.41, 5.74) is 17.9. The molecule has 0 saturated heterocycles. The fourth-order valence-electron chi connectivity index (χ4n) is 11.7. The second-order valence-corrected chi connectivity index (χ2v) is 19.4. The van der Waals surface area contributed by atoms with Gasteiger partial charge in [0.05, 0.1) is 22.0 Å². The summed E-state index contributed by atoms with van der Waals surface area (Å²) >= 11 is 0. The highest BCUT2D eigenvalue weighted by atomic mass is 15.2. The molecule has 2 aliphatic rings. The van der Waals surface area contributed by atoms with Crippen molar-refractivity contribution in [3.05, 3.63) is 211 Å². The molecule has 8 aromatic carbocycles. The van der Waals surface area contributed by atoms with Crippen LogP contribution in [0.2, 0.25) is 0 Å². The molecule has 4 heterocycles. The Kier molecular flexibility index (Phi) is 9.04. The minimum absolute atomic E-state index is 0.0487. The lowest BCUT2D eigenvalue weighted by atomic mass is 9.78. The van der Waals surface area contributed by atoms with Crippen LogP contribution in [0.3, 0.4) is 0 Å². The van der Waals surface area contributed by atoms with E-state index >= 15 is 0 Å². The molecule has 0 radical (unpaired) electrons. The van der Waals surface area contributed by atoms with Gasteiger partial charge in [-0.25, -0.2) is 4.98 Å². The zero-order valence-electron chi connectivity index (χ0n) is 38.8. The zero-order chi connectivity index (χ0) is 45.7. The summed E-state index contributed by atoms with van der Waals surface area (Å²) in [5.74, 6) is 1.87. The lowest BCUT2D eigenvalue weighted by molar-refractivity contribution is -0.757. The summed E-state index contributed by atoms with van der Waals surface area (Å²) in [7, 11) is 0. The first-order chi connectivity index (χ1) is 33.3. The van der Waals surface area contributed by atoms with Crippen molar-refractivity contribution in [1.29, 1.82) is 0 Å². The minimum atomic E-state index is -0.184. The summed E-state index contributed by atoms with van der Waals surface area (Å²) in [5, 5.41) is 4.91. The third kappa shape index (κ3) is 6.08. The van der Waals surface area contributed by atoms with Gasteiger partial charge >= 0.3 is 0 Å². The van der Waals surface area contributed by atoms with Gasteiger partial charge in [0.1, 0.15) is 0 Å². The van der Waals surface area contributed by atoms with Crippen LogP contribution < -0.4 is 4.57 Å². The van der Waals surface area contributed by atoms with Crippen LogP contribution in [-0.4, -0.2) is 19.5 Å². The molecule has 0 spiro atoms. The molecule has 3 aromatic heterocycles. The molecule has 1 aliphatic heterocycles. The topological polar surface area (TPSA) is 47.5 Å². The van der Waals surface area contributed by atoms with Crippen molar-refractivity contribution < 1.29 is 4.57 Å². The SMILES string of the molecule is CCC1(CC)Cc2ccc(-c3cccc(-c4ccc5c(c4)c4cc6c(cc4n5-c4nc(-c5ccccc5)nc(-c5ccccc5)n4)C(C)(C)c4ccccc4-6)c3)cc2-c2c3ccccc3cc[n+]21. The second-order valence-electron chi connectivity index (χ2n) is 19.4. The van der Waals surface area contributed by atoms with E-state index in [9.17, 15) is 0 Å². The minimum Gasteiger partial charge on any atom is -0.278 e. The van der Waals surface area contributed by atoms with E-state index in [4.69, 9.17) is 15.0 Å². The molecule has 68 heavy (non-hydrogen) atoms. The summed E-state index contributed by atoms with van der Waals surface area (Å²) in [4.78, 5) is 15.6. The molecule has 0 unspecified atom stereocenters. The fraction of sp³-hybridized carbons (Fsp3) is 0.143. The van der Waals surface area contributed by atoms with Gasteiger partial charge in [-0.15, -0.1) is 0 Å². The molecule has 11 aromatic rings. The van der Waals surface area contributed by atoms with Gasteiger partial charge < -0.3 is 0 Å². The highest BCUT2D eigenvalue weighted by Gasteiger charge is 2.44. The molecule has 326 valence electrons. The molecule has 5 heteroatoms. The average molecular weight is 877 g/mol. The summed E-state index contributed by atoms with van der Waals surface area (Å²) in [6.07, 6.45) is 5.53. The van der Waals surface area contributed by atoms with Gasteiger partial charge in [-0.1, -0.05) is 167 Å². The van der Waals surface area contributed by atoms with Crippen LogP contribution in [0.15, 0.2) is 194 Å². The van der Waals surface area contributed by atoms with Gasteiger partial charge in [0.25, 0.3) is 0 Å². The molecule has 1 aliphatic carbocycles. The maximum Gasteiger partial charge on any atom is 0.238 e. The normalized spacial score (nSPS) is 14.2. The maximum absolute atomic E-state index is 5.29. The van der Waals surface area contributed by atoms with Crippen molar-refractivity contribution in [2.75, 3.05) is 0 Å². The molecule has 5 nitrogen and oxygen atoms in total. The monoisotopic (exact) mass is 876 g/mol. The molecular weight excluding hydrogens is 827 g/mol. The Hall–Kier alpha value is -8.02. The molecule has 0 saturated carbocycles. The largest absolute Gasteiger partial charge is 0.278 e. The van der Waals surface area contributed by atoms with E-state index in [-0.39, 0.29) is 11.0 Å². The zero-order valence-corrected chi connectivity index (χ0v) is 38.8. The van der Waals surface area contributed by atoms with Crippen molar-refractivity contribution in [3.8, 4) is 73.4 Å². The van der Waals surface area contributed by atoms with Gasteiger partial charge in [0.2, 0.25) is 11.6 Å². The molecular formula is C63H50N5+. The van der Waals surface area contributed by atoms with Crippen LogP contribution in [0.4, 0.5) is 0 Å². The Bertz CT molecular complexity index is 3760. The third-order valence-electron chi connectivity index (χ3n) is 15.5. The van der Waals surface area contributed by atoms with Crippen LogP contribution in [0.25, 0.3) is 106 Å². The van der Waals surface area contributed by atoms with Gasteiger partial charge in [-0.05, 0) is 97.9 Å². The number of pyridine rings is 1. The average Bonchev–Trinajstić information content (AvgIpc) is 3.84. The third-order valence-corrected chi connectivity index (χ3v) is 15.5. The van der Waals surface area contributed by atoms with Crippen LogP contribution in [0.5, 0.6) is 0 Å². The highest BCUT2D eigenvalue weighted by molar-refractivity contribution is 6.12. The van der Waals surface area contributed by atoms with Crippen molar-refractivity contribution in [2.45, 2.75) is 57.9 Å². The first-order valence-electron chi connectivity index (χ1n) is 24.1. The highest BCUT2D eigenvalue weighted by Crippen LogP contribution is 2.51. The Morgan fingerprint density at radius 2 is 1.09 bits per heavy atom. The summed E-state index contributed by atoms with van der Waals surface area (Å²) in [6.45, 7) is 9.38. The number of hydrogen-bond acceptors (Lipinski definition) is 3. The quantitative estimate of drug-likeness (QED) is 0.150. The van der Waals surface area contributed by atoms with E-state index in [0.717, 1.165) is 52.4 Å². The van der Waals surface area contributed by atoms with E-state index in [0.29, 0.717) is 17.6 Å². The lowest BCUT2D eigenvalue weighted by Crippen LogP contribution is -2.60. The Labute approximate surface area is 397 Å².